The molecule has 0 spiro atoms. The van der Waals surface area contributed by atoms with Crippen LogP contribution in [-0.2, 0) is 11.8 Å². The van der Waals surface area contributed by atoms with E-state index in [4.69, 9.17) is 34.8 Å². The third-order valence-corrected chi connectivity index (χ3v) is 4.97. The number of halogens is 3. The molecular formula is C16H14Cl3N. The van der Waals surface area contributed by atoms with Crippen LogP contribution in [0.1, 0.15) is 11.1 Å². The molecule has 20 heavy (non-hydrogen) atoms. The number of hydrogen-bond acceptors (Lipinski definition) is 1. The first-order chi connectivity index (χ1) is 9.61. The molecule has 1 fully saturated rings. The fraction of sp³-hybridized carbons (Fsp3) is 0.250. The van der Waals surface area contributed by atoms with Gasteiger partial charge in [0.05, 0.1) is 10.0 Å². The van der Waals surface area contributed by atoms with Crippen molar-refractivity contribution in [1.82, 2.24) is 5.32 Å². The van der Waals surface area contributed by atoms with Gasteiger partial charge in [-0.1, -0.05) is 59.1 Å². The monoisotopic (exact) mass is 325 g/mol. The molecule has 0 unspecified atom stereocenters. The van der Waals surface area contributed by atoms with Crippen LogP contribution in [-0.4, -0.2) is 13.1 Å². The number of rotatable bonds is 3. The van der Waals surface area contributed by atoms with Crippen LogP contribution >= 0.6 is 34.8 Å². The molecule has 1 aliphatic rings. The maximum absolute atomic E-state index is 6.37. The minimum absolute atomic E-state index is 0.0511. The van der Waals surface area contributed by atoms with Crippen LogP contribution in [0.3, 0.4) is 0 Å². The van der Waals surface area contributed by atoms with Gasteiger partial charge in [0.15, 0.2) is 0 Å². The third-order valence-electron chi connectivity index (χ3n) is 3.90. The van der Waals surface area contributed by atoms with Gasteiger partial charge in [-0.05, 0) is 35.7 Å². The Bertz CT molecular complexity index is 635. The first kappa shape index (κ1) is 14.2. The van der Waals surface area contributed by atoms with Crippen molar-refractivity contribution in [2.75, 3.05) is 13.1 Å². The topological polar surface area (TPSA) is 12.0 Å². The molecule has 2 aromatic rings. The van der Waals surface area contributed by atoms with Gasteiger partial charge in [-0.25, -0.2) is 0 Å². The summed E-state index contributed by atoms with van der Waals surface area (Å²) in [5.74, 6) is 0. The van der Waals surface area contributed by atoms with E-state index in [1.807, 2.05) is 36.4 Å². The highest BCUT2D eigenvalue weighted by Gasteiger charge is 2.40. The van der Waals surface area contributed by atoms with Gasteiger partial charge >= 0.3 is 0 Å². The molecule has 2 aromatic carbocycles. The minimum atomic E-state index is 0.0511. The summed E-state index contributed by atoms with van der Waals surface area (Å²) in [5, 5.41) is 5.38. The summed E-state index contributed by atoms with van der Waals surface area (Å²) in [6.45, 7) is 1.86. The minimum Gasteiger partial charge on any atom is -0.315 e. The second kappa shape index (κ2) is 5.57. The van der Waals surface area contributed by atoms with E-state index in [0.717, 1.165) is 24.5 Å². The third kappa shape index (κ3) is 2.56. The summed E-state index contributed by atoms with van der Waals surface area (Å²) in [6, 6.07) is 13.9. The van der Waals surface area contributed by atoms with Crippen molar-refractivity contribution in [3.63, 3.8) is 0 Å². The van der Waals surface area contributed by atoms with Crippen molar-refractivity contribution in [2.24, 2.45) is 0 Å². The van der Waals surface area contributed by atoms with Crippen molar-refractivity contribution >= 4 is 34.8 Å². The fourth-order valence-corrected chi connectivity index (χ4v) is 3.43. The van der Waals surface area contributed by atoms with Crippen LogP contribution in [0, 0.1) is 0 Å². The normalized spacial score (nSPS) is 16.8. The lowest BCUT2D eigenvalue weighted by Gasteiger charge is -2.44. The average molecular weight is 327 g/mol. The van der Waals surface area contributed by atoms with Crippen molar-refractivity contribution in [3.8, 4) is 0 Å². The van der Waals surface area contributed by atoms with E-state index in [2.05, 4.69) is 11.4 Å². The van der Waals surface area contributed by atoms with E-state index in [-0.39, 0.29) is 5.41 Å². The van der Waals surface area contributed by atoms with E-state index in [0.29, 0.717) is 10.0 Å². The van der Waals surface area contributed by atoms with E-state index in [1.54, 1.807) is 0 Å². The molecule has 0 radical (unpaired) electrons. The Hall–Kier alpha value is -0.730. The Kier molecular flexibility index (Phi) is 3.96. The SMILES string of the molecule is Clc1ccc(CC2(c3ccccc3Cl)CNC2)cc1Cl. The summed E-state index contributed by atoms with van der Waals surface area (Å²) in [6.07, 6.45) is 0.903. The van der Waals surface area contributed by atoms with Crippen LogP contribution in [0.25, 0.3) is 0 Å². The molecule has 1 nitrogen and oxygen atoms in total. The smallest absolute Gasteiger partial charge is 0.0595 e. The molecule has 0 atom stereocenters. The van der Waals surface area contributed by atoms with Crippen LogP contribution in [0.2, 0.25) is 15.1 Å². The van der Waals surface area contributed by atoms with Crippen LogP contribution in [0.15, 0.2) is 42.5 Å². The van der Waals surface area contributed by atoms with Crippen LogP contribution < -0.4 is 5.32 Å². The summed E-state index contributed by atoms with van der Waals surface area (Å²) in [7, 11) is 0. The fourth-order valence-electron chi connectivity index (χ4n) is 2.77. The van der Waals surface area contributed by atoms with Gasteiger partial charge in [-0.2, -0.15) is 0 Å². The zero-order valence-corrected chi connectivity index (χ0v) is 13.1. The number of nitrogens with one attached hydrogen (secondary N) is 1. The molecule has 1 N–H and O–H groups in total. The Morgan fingerprint density at radius 3 is 2.25 bits per heavy atom. The second-order valence-electron chi connectivity index (χ2n) is 5.29. The molecule has 0 aromatic heterocycles. The van der Waals surface area contributed by atoms with Crippen LogP contribution in [0.4, 0.5) is 0 Å². The van der Waals surface area contributed by atoms with E-state index in [9.17, 15) is 0 Å². The molecule has 0 aliphatic carbocycles. The van der Waals surface area contributed by atoms with Crippen LogP contribution in [0.5, 0.6) is 0 Å². The second-order valence-corrected chi connectivity index (χ2v) is 6.51. The maximum atomic E-state index is 6.37. The van der Waals surface area contributed by atoms with Gasteiger partial charge in [0.2, 0.25) is 0 Å². The Balaban J connectivity index is 1.94. The molecular weight excluding hydrogens is 313 g/mol. The Labute approximate surface area is 133 Å². The van der Waals surface area contributed by atoms with Gasteiger partial charge in [0, 0.05) is 23.5 Å². The molecule has 1 saturated heterocycles. The van der Waals surface area contributed by atoms with Crippen molar-refractivity contribution in [2.45, 2.75) is 11.8 Å². The molecule has 1 aliphatic heterocycles. The molecule has 0 saturated carbocycles. The molecule has 0 amide bonds. The predicted molar refractivity (Wildman–Crippen MR) is 86.2 cm³/mol. The average Bonchev–Trinajstić information content (AvgIpc) is 2.39. The lowest BCUT2D eigenvalue weighted by molar-refractivity contribution is 0.275. The zero-order chi connectivity index (χ0) is 14.2. The highest BCUT2D eigenvalue weighted by Crippen LogP contribution is 2.37. The van der Waals surface area contributed by atoms with E-state index >= 15 is 0 Å². The molecule has 4 heteroatoms. The summed E-state index contributed by atoms with van der Waals surface area (Å²) in [4.78, 5) is 0. The Morgan fingerprint density at radius 1 is 0.900 bits per heavy atom. The van der Waals surface area contributed by atoms with Crippen molar-refractivity contribution in [1.29, 1.82) is 0 Å². The zero-order valence-electron chi connectivity index (χ0n) is 10.8. The number of benzene rings is 2. The lowest BCUT2D eigenvalue weighted by atomic mass is 9.71. The van der Waals surface area contributed by atoms with Crippen molar-refractivity contribution in [3.05, 3.63) is 68.7 Å². The highest BCUT2D eigenvalue weighted by atomic mass is 35.5. The number of hydrogen-bond donors (Lipinski definition) is 1. The molecule has 104 valence electrons. The van der Waals surface area contributed by atoms with Gasteiger partial charge in [-0.15, -0.1) is 0 Å². The highest BCUT2D eigenvalue weighted by molar-refractivity contribution is 6.42. The maximum Gasteiger partial charge on any atom is 0.0595 e. The summed E-state index contributed by atoms with van der Waals surface area (Å²) < 4.78 is 0. The van der Waals surface area contributed by atoms with Gasteiger partial charge in [-0.3, -0.25) is 0 Å². The molecule has 3 rings (SSSR count). The quantitative estimate of drug-likeness (QED) is 0.859. The van der Waals surface area contributed by atoms with Crippen molar-refractivity contribution < 1.29 is 0 Å². The van der Waals surface area contributed by atoms with E-state index < -0.39 is 0 Å². The summed E-state index contributed by atoms with van der Waals surface area (Å²) >= 11 is 18.5. The largest absolute Gasteiger partial charge is 0.315 e. The first-order valence-corrected chi connectivity index (χ1v) is 7.64. The summed E-state index contributed by atoms with van der Waals surface area (Å²) in [5.41, 5.74) is 2.43. The molecule has 1 heterocycles. The first-order valence-electron chi connectivity index (χ1n) is 6.50. The molecule has 0 bridgehead atoms. The van der Waals surface area contributed by atoms with E-state index in [1.165, 1.54) is 11.1 Å². The lowest BCUT2D eigenvalue weighted by Crippen LogP contribution is -2.58. The predicted octanol–water partition coefficient (Wildman–Crippen LogP) is 4.73. The van der Waals surface area contributed by atoms with Gasteiger partial charge in [0.1, 0.15) is 0 Å². The van der Waals surface area contributed by atoms with Gasteiger partial charge < -0.3 is 5.32 Å². The van der Waals surface area contributed by atoms with Gasteiger partial charge in [0.25, 0.3) is 0 Å². The Morgan fingerprint density at radius 2 is 1.65 bits per heavy atom. The standard InChI is InChI=1S/C16H14Cl3N/c17-13-4-2-1-3-12(13)16(9-20-10-16)8-11-5-6-14(18)15(19)7-11/h1-7,20H,8-10H2.